The van der Waals surface area contributed by atoms with Crippen molar-refractivity contribution in [1.29, 1.82) is 0 Å². The van der Waals surface area contributed by atoms with Crippen molar-refractivity contribution in [1.82, 2.24) is 0 Å². The van der Waals surface area contributed by atoms with Crippen LogP contribution in [0.15, 0.2) is 51.8 Å². The average Bonchev–Trinajstić information content (AvgIpc) is 2.41. The second-order valence-electron chi connectivity index (χ2n) is 4.27. The molecule has 0 bridgehead atoms. The van der Waals surface area contributed by atoms with Crippen LogP contribution < -0.4 is 15.8 Å². The van der Waals surface area contributed by atoms with Crippen LogP contribution in [0.1, 0.15) is 0 Å². The number of sulfonamides is 1. The average molecular weight is 404 g/mol. The molecule has 2 rings (SSSR count). The standard InChI is InChI=1S/C13H11BrFN3O2S2/c14-8-1-6-12(11(15)7-8)18-13(21)17-9-2-4-10(5-3-9)22(16,19)20/h1-7H,(H2,16,19,20)(H2,17,18,21). The molecule has 9 heteroatoms. The van der Waals surface area contributed by atoms with Gasteiger partial charge in [-0.05, 0) is 54.7 Å². The summed E-state index contributed by atoms with van der Waals surface area (Å²) in [6.45, 7) is 0. The molecule has 0 radical (unpaired) electrons. The summed E-state index contributed by atoms with van der Waals surface area (Å²) in [6.07, 6.45) is 0. The molecular weight excluding hydrogens is 393 g/mol. The smallest absolute Gasteiger partial charge is 0.238 e. The Morgan fingerprint density at radius 3 is 2.32 bits per heavy atom. The highest BCUT2D eigenvalue weighted by atomic mass is 79.9. The molecule has 0 aromatic heterocycles. The van der Waals surface area contributed by atoms with E-state index in [2.05, 4.69) is 26.6 Å². The third kappa shape index (κ3) is 4.47. The van der Waals surface area contributed by atoms with Crippen molar-refractivity contribution >= 4 is 54.7 Å². The van der Waals surface area contributed by atoms with Crippen molar-refractivity contribution in [2.24, 2.45) is 5.14 Å². The fourth-order valence-electron chi connectivity index (χ4n) is 1.60. The minimum absolute atomic E-state index is 0.00381. The van der Waals surface area contributed by atoms with Gasteiger partial charge in [0.1, 0.15) is 5.82 Å². The number of anilines is 2. The van der Waals surface area contributed by atoms with Crippen LogP contribution in [-0.4, -0.2) is 13.5 Å². The fourth-order valence-corrected chi connectivity index (χ4v) is 2.68. The maximum absolute atomic E-state index is 13.7. The lowest BCUT2D eigenvalue weighted by atomic mass is 10.3. The summed E-state index contributed by atoms with van der Waals surface area (Å²) in [5.74, 6) is -0.455. The lowest BCUT2D eigenvalue weighted by Crippen LogP contribution is -2.20. The number of nitrogens with one attached hydrogen (secondary N) is 2. The van der Waals surface area contributed by atoms with Gasteiger partial charge < -0.3 is 10.6 Å². The summed E-state index contributed by atoms with van der Waals surface area (Å²) in [4.78, 5) is -0.00381. The van der Waals surface area contributed by atoms with E-state index >= 15 is 0 Å². The van der Waals surface area contributed by atoms with Crippen LogP contribution in [0.5, 0.6) is 0 Å². The number of nitrogens with two attached hydrogens (primary N) is 1. The summed E-state index contributed by atoms with van der Waals surface area (Å²) in [7, 11) is -3.74. The summed E-state index contributed by atoms with van der Waals surface area (Å²) < 4.78 is 36.6. The SMILES string of the molecule is NS(=O)(=O)c1ccc(NC(=S)Nc2ccc(Br)cc2F)cc1. The largest absolute Gasteiger partial charge is 0.332 e. The van der Waals surface area contributed by atoms with Gasteiger partial charge in [0.2, 0.25) is 10.0 Å². The van der Waals surface area contributed by atoms with E-state index in [4.69, 9.17) is 17.4 Å². The molecule has 0 spiro atoms. The molecule has 2 aromatic carbocycles. The Labute approximate surface area is 140 Å². The molecule has 0 aliphatic heterocycles. The van der Waals surface area contributed by atoms with Crippen LogP contribution in [0.3, 0.4) is 0 Å². The topological polar surface area (TPSA) is 84.2 Å². The molecule has 116 valence electrons. The first-order valence-corrected chi connectivity index (χ1v) is 8.66. The second kappa shape index (κ2) is 6.69. The number of hydrogen-bond acceptors (Lipinski definition) is 3. The van der Waals surface area contributed by atoms with Crippen molar-refractivity contribution in [2.75, 3.05) is 10.6 Å². The Morgan fingerprint density at radius 1 is 1.14 bits per heavy atom. The lowest BCUT2D eigenvalue weighted by molar-refractivity contribution is 0.598. The van der Waals surface area contributed by atoms with Crippen molar-refractivity contribution in [3.05, 3.63) is 52.8 Å². The van der Waals surface area contributed by atoms with Crippen LogP contribution >= 0.6 is 28.1 Å². The van der Waals surface area contributed by atoms with Crippen molar-refractivity contribution in [3.63, 3.8) is 0 Å². The van der Waals surface area contributed by atoms with Gasteiger partial charge in [-0.15, -0.1) is 0 Å². The van der Waals surface area contributed by atoms with Gasteiger partial charge in [-0.25, -0.2) is 17.9 Å². The molecule has 0 amide bonds. The van der Waals surface area contributed by atoms with Gasteiger partial charge in [0.25, 0.3) is 0 Å². The molecule has 0 fully saturated rings. The first kappa shape index (κ1) is 16.8. The molecule has 0 aliphatic rings. The molecule has 5 nitrogen and oxygen atoms in total. The zero-order chi connectivity index (χ0) is 16.3. The second-order valence-corrected chi connectivity index (χ2v) is 7.16. The van der Waals surface area contributed by atoms with Crippen molar-refractivity contribution in [3.8, 4) is 0 Å². The van der Waals surface area contributed by atoms with Gasteiger partial charge in [-0.2, -0.15) is 0 Å². The van der Waals surface area contributed by atoms with Crippen LogP contribution in [0, 0.1) is 5.82 Å². The van der Waals surface area contributed by atoms with E-state index in [0.29, 0.717) is 10.2 Å². The van der Waals surface area contributed by atoms with Gasteiger partial charge in [0.15, 0.2) is 5.11 Å². The number of hydrogen-bond donors (Lipinski definition) is 3. The van der Waals surface area contributed by atoms with Gasteiger partial charge in [-0.3, -0.25) is 0 Å². The summed E-state index contributed by atoms with van der Waals surface area (Å²) in [6, 6.07) is 10.2. The van der Waals surface area contributed by atoms with E-state index in [0.717, 1.165) is 0 Å². The molecule has 2 aromatic rings. The first-order valence-electron chi connectivity index (χ1n) is 5.91. The van der Waals surface area contributed by atoms with Crippen LogP contribution in [0.25, 0.3) is 0 Å². The molecule has 4 N–H and O–H groups in total. The summed E-state index contributed by atoms with van der Waals surface area (Å²) >= 11 is 8.24. The molecule has 0 aliphatic carbocycles. The number of halogens is 2. The Balaban J connectivity index is 2.06. The van der Waals surface area contributed by atoms with Gasteiger partial charge in [0, 0.05) is 10.2 Å². The Bertz CT molecular complexity index is 811. The third-order valence-electron chi connectivity index (χ3n) is 2.62. The molecule has 0 heterocycles. The third-order valence-corrected chi connectivity index (χ3v) is 4.25. The van der Waals surface area contributed by atoms with Crippen LogP contribution in [-0.2, 0) is 10.0 Å². The Hall–Kier alpha value is -1.55. The van der Waals surface area contributed by atoms with Crippen molar-refractivity contribution in [2.45, 2.75) is 4.90 Å². The number of benzene rings is 2. The maximum Gasteiger partial charge on any atom is 0.238 e. The highest BCUT2D eigenvalue weighted by molar-refractivity contribution is 9.10. The molecular formula is C13H11BrFN3O2S2. The minimum atomic E-state index is -3.74. The normalized spacial score (nSPS) is 11.0. The molecule has 0 saturated heterocycles. The van der Waals surface area contributed by atoms with E-state index < -0.39 is 15.8 Å². The first-order chi connectivity index (χ1) is 10.3. The van der Waals surface area contributed by atoms with Crippen LogP contribution in [0.4, 0.5) is 15.8 Å². The number of thiocarbonyl (C=S) groups is 1. The van der Waals surface area contributed by atoms with Crippen molar-refractivity contribution < 1.29 is 12.8 Å². The maximum atomic E-state index is 13.7. The van der Waals surface area contributed by atoms with Gasteiger partial charge in [-0.1, -0.05) is 15.9 Å². The van der Waals surface area contributed by atoms with Gasteiger partial charge in [0.05, 0.1) is 10.6 Å². The monoisotopic (exact) mass is 403 g/mol. The summed E-state index contributed by atoms with van der Waals surface area (Å²) in [5, 5.41) is 10.7. The summed E-state index contributed by atoms with van der Waals surface area (Å²) in [5.41, 5.74) is 0.768. The quantitative estimate of drug-likeness (QED) is 0.685. The Kier molecular flexibility index (Phi) is 5.12. The highest BCUT2D eigenvalue weighted by Gasteiger charge is 2.08. The number of primary sulfonamides is 1. The molecule has 22 heavy (non-hydrogen) atoms. The molecule has 0 unspecified atom stereocenters. The highest BCUT2D eigenvalue weighted by Crippen LogP contribution is 2.20. The predicted molar refractivity (Wildman–Crippen MR) is 91.8 cm³/mol. The predicted octanol–water partition coefficient (Wildman–Crippen LogP) is 3.04. The molecule has 0 saturated carbocycles. The van der Waals surface area contributed by atoms with Crippen LogP contribution in [0.2, 0.25) is 0 Å². The van der Waals surface area contributed by atoms with E-state index in [9.17, 15) is 12.8 Å². The Morgan fingerprint density at radius 2 is 1.77 bits per heavy atom. The zero-order valence-corrected chi connectivity index (χ0v) is 14.2. The zero-order valence-electron chi connectivity index (χ0n) is 11.0. The van der Waals surface area contributed by atoms with E-state index in [1.807, 2.05) is 0 Å². The minimum Gasteiger partial charge on any atom is -0.332 e. The van der Waals surface area contributed by atoms with Gasteiger partial charge >= 0.3 is 0 Å². The number of rotatable bonds is 3. The van der Waals surface area contributed by atoms with E-state index in [1.165, 1.54) is 36.4 Å². The van der Waals surface area contributed by atoms with E-state index in [1.54, 1.807) is 6.07 Å². The van der Waals surface area contributed by atoms with E-state index in [-0.39, 0.29) is 15.7 Å². The lowest BCUT2D eigenvalue weighted by Gasteiger charge is -2.11. The molecule has 0 atom stereocenters. The fraction of sp³-hybridized carbons (Fsp3) is 0.